The van der Waals surface area contributed by atoms with Crippen molar-refractivity contribution in [1.29, 1.82) is 0 Å². The fourth-order valence-corrected chi connectivity index (χ4v) is 2.29. The molecule has 0 aliphatic rings. The van der Waals surface area contributed by atoms with Crippen molar-refractivity contribution < 1.29 is 5.11 Å². The van der Waals surface area contributed by atoms with Gasteiger partial charge in [-0.15, -0.1) is 0 Å². The summed E-state index contributed by atoms with van der Waals surface area (Å²) in [7, 11) is 0. The van der Waals surface area contributed by atoms with Crippen molar-refractivity contribution in [2.75, 3.05) is 0 Å². The summed E-state index contributed by atoms with van der Waals surface area (Å²) in [6.45, 7) is 16.7. The van der Waals surface area contributed by atoms with E-state index in [-0.39, 0.29) is 0 Å². The molecule has 0 unspecified atom stereocenters. The van der Waals surface area contributed by atoms with Crippen molar-refractivity contribution >= 4 is 0 Å². The van der Waals surface area contributed by atoms with Crippen LogP contribution in [0.2, 0.25) is 0 Å². The molecule has 0 rings (SSSR count). The first kappa shape index (κ1) is 24.4. The second-order valence-electron chi connectivity index (χ2n) is 7.40. The van der Waals surface area contributed by atoms with Crippen LogP contribution in [-0.4, -0.2) is 10.7 Å². The Balaban J connectivity index is 0. The van der Waals surface area contributed by atoms with Crippen LogP contribution in [0.1, 0.15) is 100 Å². The Morgan fingerprint density at radius 2 is 1.30 bits per heavy atom. The first-order valence-electron chi connectivity index (χ1n) is 9.29. The normalized spacial score (nSPS) is 12.6. The molecule has 0 aromatic carbocycles. The van der Waals surface area contributed by atoms with Crippen LogP contribution in [0.5, 0.6) is 0 Å². The Morgan fingerprint density at radius 3 is 1.70 bits per heavy atom. The van der Waals surface area contributed by atoms with Crippen LogP contribution in [0.15, 0.2) is 34.9 Å². The SMILES string of the molecule is CC/C=C(\C)CCC=C(C)C.CC/C=C(\C)CCCC(C)(C)O. The lowest BCUT2D eigenvalue weighted by Crippen LogP contribution is -2.17. The molecule has 0 spiro atoms. The summed E-state index contributed by atoms with van der Waals surface area (Å²) in [5.74, 6) is 0. The molecule has 0 fully saturated rings. The molecule has 1 heteroatoms. The molecule has 0 atom stereocenters. The minimum Gasteiger partial charge on any atom is -0.390 e. The maximum atomic E-state index is 9.44. The van der Waals surface area contributed by atoms with E-state index >= 15 is 0 Å². The van der Waals surface area contributed by atoms with Gasteiger partial charge in [-0.05, 0) is 86.5 Å². The van der Waals surface area contributed by atoms with Gasteiger partial charge in [0.1, 0.15) is 0 Å². The highest BCUT2D eigenvalue weighted by Crippen LogP contribution is 2.15. The minimum atomic E-state index is -0.494. The molecule has 0 radical (unpaired) electrons. The van der Waals surface area contributed by atoms with Crippen LogP contribution in [0.4, 0.5) is 0 Å². The van der Waals surface area contributed by atoms with Gasteiger partial charge in [0.05, 0.1) is 5.60 Å². The zero-order valence-electron chi connectivity index (χ0n) is 17.1. The smallest absolute Gasteiger partial charge is 0.0591 e. The van der Waals surface area contributed by atoms with E-state index in [1.165, 1.54) is 36.0 Å². The maximum Gasteiger partial charge on any atom is 0.0591 e. The van der Waals surface area contributed by atoms with Gasteiger partial charge in [-0.3, -0.25) is 0 Å². The number of hydrogen-bond donors (Lipinski definition) is 1. The standard InChI is InChI=1S/C11H22O.C11H20/c1-5-7-10(2)8-6-9-11(3,4)12;1-5-7-11(4)9-6-8-10(2)3/h7,12H,5-6,8-9H2,1-4H3;7-8H,5-6,9H2,1-4H3/b10-7+;11-7+. The summed E-state index contributed by atoms with van der Waals surface area (Å²) in [5, 5.41) is 9.44. The first-order valence-corrected chi connectivity index (χ1v) is 9.29. The lowest BCUT2D eigenvalue weighted by Gasteiger charge is -2.16. The highest BCUT2D eigenvalue weighted by molar-refractivity contribution is 5.01. The monoisotopic (exact) mass is 322 g/mol. The van der Waals surface area contributed by atoms with Crippen molar-refractivity contribution in [3.05, 3.63) is 34.9 Å². The topological polar surface area (TPSA) is 20.2 Å². The molecule has 136 valence electrons. The Hall–Kier alpha value is -0.820. The average molecular weight is 323 g/mol. The maximum absolute atomic E-state index is 9.44. The van der Waals surface area contributed by atoms with E-state index < -0.39 is 5.60 Å². The van der Waals surface area contributed by atoms with Gasteiger partial charge in [-0.25, -0.2) is 0 Å². The quantitative estimate of drug-likeness (QED) is 0.439. The third-order valence-electron chi connectivity index (χ3n) is 3.56. The molecule has 1 N–H and O–H groups in total. The zero-order valence-corrected chi connectivity index (χ0v) is 17.1. The fraction of sp³-hybridized carbons (Fsp3) is 0.727. The molecule has 0 saturated carbocycles. The molecule has 0 bridgehead atoms. The third kappa shape index (κ3) is 23.6. The summed E-state index contributed by atoms with van der Waals surface area (Å²) in [6.07, 6.45) is 14.7. The van der Waals surface area contributed by atoms with E-state index in [1.54, 1.807) is 0 Å². The van der Waals surface area contributed by atoms with Gasteiger partial charge in [0, 0.05) is 0 Å². The molecule has 1 nitrogen and oxygen atoms in total. The lowest BCUT2D eigenvalue weighted by molar-refractivity contribution is 0.0689. The van der Waals surface area contributed by atoms with Crippen molar-refractivity contribution in [2.45, 2.75) is 106 Å². The second-order valence-corrected chi connectivity index (χ2v) is 7.40. The molecule has 0 saturated heterocycles. The van der Waals surface area contributed by atoms with Crippen LogP contribution in [0, 0.1) is 0 Å². The Labute approximate surface area is 146 Å². The van der Waals surface area contributed by atoms with Crippen LogP contribution in [-0.2, 0) is 0 Å². The number of rotatable bonds is 9. The van der Waals surface area contributed by atoms with Gasteiger partial charge in [0.15, 0.2) is 0 Å². The summed E-state index contributed by atoms with van der Waals surface area (Å²) in [5.41, 5.74) is 3.90. The van der Waals surface area contributed by atoms with Gasteiger partial charge in [0.25, 0.3) is 0 Å². The van der Waals surface area contributed by atoms with Crippen molar-refractivity contribution in [3.8, 4) is 0 Å². The molecule has 0 heterocycles. The molecular formula is C22H42O. The number of hydrogen-bond acceptors (Lipinski definition) is 1. The molecule has 0 aromatic heterocycles. The fourth-order valence-electron chi connectivity index (χ4n) is 2.29. The Morgan fingerprint density at radius 1 is 0.826 bits per heavy atom. The molecular weight excluding hydrogens is 280 g/mol. The van der Waals surface area contributed by atoms with E-state index in [4.69, 9.17) is 0 Å². The van der Waals surface area contributed by atoms with Crippen LogP contribution >= 0.6 is 0 Å². The van der Waals surface area contributed by atoms with Crippen molar-refractivity contribution in [1.82, 2.24) is 0 Å². The third-order valence-corrected chi connectivity index (χ3v) is 3.56. The molecule has 0 aliphatic heterocycles. The highest BCUT2D eigenvalue weighted by atomic mass is 16.3. The molecule has 0 aliphatic carbocycles. The lowest BCUT2D eigenvalue weighted by atomic mass is 9.99. The van der Waals surface area contributed by atoms with E-state index in [1.807, 2.05) is 13.8 Å². The first-order chi connectivity index (χ1) is 10.6. The molecule has 0 aromatic rings. The predicted octanol–water partition coefficient (Wildman–Crippen LogP) is 7.37. The van der Waals surface area contributed by atoms with E-state index in [0.29, 0.717) is 0 Å². The van der Waals surface area contributed by atoms with Crippen molar-refractivity contribution in [2.24, 2.45) is 0 Å². The van der Waals surface area contributed by atoms with E-state index in [0.717, 1.165) is 25.7 Å². The van der Waals surface area contributed by atoms with Gasteiger partial charge in [-0.2, -0.15) is 0 Å². The van der Waals surface area contributed by atoms with E-state index in [2.05, 4.69) is 59.8 Å². The van der Waals surface area contributed by atoms with Gasteiger partial charge in [0.2, 0.25) is 0 Å². The second kappa shape index (κ2) is 14.8. The predicted molar refractivity (Wildman–Crippen MR) is 107 cm³/mol. The highest BCUT2D eigenvalue weighted by Gasteiger charge is 2.10. The summed E-state index contributed by atoms with van der Waals surface area (Å²) in [6, 6.07) is 0. The Bertz CT molecular complexity index is 360. The Kier molecular flexibility index (Phi) is 15.7. The summed E-state index contributed by atoms with van der Waals surface area (Å²) in [4.78, 5) is 0. The van der Waals surface area contributed by atoms with E-state index in [9.17, 15) is 5.11 Å². The van der Waals surface area contributed by atoms with Gasteiger partial charge >= 0.3 is 0 Å². The molecule has 0 amide bonds. The average Bonchev–Trinajstić information content (AvgIpc) is 2.38. The minimum absolute atomic E-state index is 0.494. The van der Waals surface area contributed by atoms with Crippen molar-refractivity contribution in [3.63, 3.8) is 0 Å². The summed E-state index contributed by atoms with van der Waals surface area (Å²) < 4.78 is 0. The van der Waals surface area contributed by atoms with Crippen LogP contribution in [0.3, 0.4) is 0 Å². The zero-order chi connectivity index (χ0) is 18.3. The molecule has 23 heavy (non-hydrogen) atoms. The largest absolute Gasteiger partial charge is 0.390 e. The number of allylic oxidation sites excluding steroid dienone is 6. The van der Waals surface area contributed by atoms with Crippen LogP contribution in [0.25, 0.3) is 0 Å². The van der Waals surface area contributed by atoms with Crippen LogP contribution < -0.4 is 0 Å². The number of aliphatic hydroxyl groups is 1. The summed E-state index contributed by atoms with van der Waals surface area (Å²) >= 11 is 0. The van der Waals surface area contributed by atoms with Gasteiger partial charge < -0.3 is 5.11 Å². The van der Waals surface area contributed by atoms with Gasteiger partial charge in [-0.1, -0.05) is 48.8 Å².